The van der Waals surface area contributed by atoms with E-state index in [1.54, 1.807) is 52.5 Å². The molecule has 9 heteroatoms. The highest BCUT2D eigenvalue weighted by molar-refractivity contribution is 7.89. The van der Waals surface area contributed by atoms with Crippen LogP contribution in [-0.2, 0) is 16.4 Å². The van der Waals surface area contributed by atoms with Crippen LogP contribution in [0.4, 0.5) is 11.4 Å². The molecule has 30 heavy (non-hydrogen) atoms. The van der Waals surface area contributed by atoms with Crippen LogP contribution in [0.15, 0.2) is 41.4 Å². The van der Waals surface area contributed by atoms with Gasteiger partial charge in [0.05, 0.1) is 36.5 Å². The smallest absolute Gasteiger partial charge is 0.240 e. The molecule has 1 aliphatic rings. The van der Waals surface area contributed by atoms with Crippen molar-refractivity contribution >= 4 is 32.3 Å². The van der Waals surface area contributed by atoms with Crippen LogP contribution in [0.2, 0.25) is 0 Å². The lowest BCUT2D eigenvalue weighted by Crippen LogP contribution is -2.30. The van der Waals surface area contributed by atoms with Gasteiger partial charge in [0, 0.05) is 29.7 Å². The van der Waals surface area contributed by atoms with E-state index in [0.717, 1.165) is 28.7 Å². The molecule has 0 aliphatic carbocycles. The van der Waals surface area contributed by atoms with E-state index in [-0.39, 0.29) is 10.9 Å². The van der Waals surface area contributed by atoms with Crippen molar-refractivity contribution in [2.75, 3.05) is 25.7 Å². The molecule has 0 saturated carbocycles. The Hall–Kier alpha value is -2.91. The van der Waals surface area contributed by atoms with Gasteiger partial charge in [-0.25, -0.2) is 13.1 Å². The van der Waals surface area contributed by atoms with E-state index in [2.05, 4.69) is 19.8 Å². The van der Waals surface area contributed by atoms with Crippen LogP contribution in [0, 0.1) is 0 Å². The summed E-state index contributed by atoms with van der Waals surface area (Å²) in [4.78, 5) is 2.41. The molecule has 0 amide bonds. The molecule has 0 unspecified atom stereocenters. The maximum atomic E-state index is 12.5. The van der Waals surface area contributed by atoms with E-state index < -0.39 is 10.0 Å². The fraction of sp³-hybridized carbons (Fsp3) is 0.333. The summed E-state index contributed by atoms with van der Waals surface area (Å²) < 4.78 is 38.5. The lowest BCUT2D eigenvalue weighted by molar-refractivity contribution is 0.355. The van der Waals surface area contributed by atoms with Gasteiger partial charge < -0.3 is 14.4 Å². The Labute approximate surface area is 175 Å². The molecule has 0 radical (unpaired) electrons. The molecule has 3 aromatic rings. The molecule has 0 atom stereocenters. The number of methoxy groups -OCH3 is 2. The Morgan fingerprint density at radius 2 is 1.80 bits per heavy atom. The highest BCUT2D eigenvalue weighted by atomic mass is 32.2. The molecular weight excluding hydrogens is 404 g/mol. The molecule has 1 aromatic heterocycles. The van der Waals surface area contributed by atoms with E-state index in [0.29, 0.717) is 23.6 Å². The number of benzene rings is 2. The van der Waals surface area contributed by atoms with Crippen LogP contribution < -0.4 is 19.1 Å². The average molecular weight is 429 g/mol. The minimum atomic E-state index is -3.54. The van der Waals surface area contributed by atoms with Gasteiger partial charge in [-0.2, -0.15) is 10.2 Å². The Morgan fingerprint density at radius 1 is 1.07 bits per heavy atom. The summed E-state index contributed by atoms with van der Waals surface area (Å²) in [5.74, 6) is 1.20. The van der Waals surface area contributed by atoms with E-state index in [1.807, 2.05) is 12.1 Å². The monoisotopic (exact) mass is 428 g/mol. The molecule has 8 nitrogen and oxygen atoms in total. The van der Waals surface area contributed by atoms with E-state index in [9.17, 15) is 8.42 Å². The summed E-state index contributed by atoms with van der Waals surface area (Å²) in [7, 11) is -0.362. The largest absolute Gasteiger partial charge is 0.493 e. The van der Waals surface area contributed by atoms with Crippen LogP contribution in [0.25, 0.3) is 10.9 Å². The van der Waals surface area contributed by atoms with Crippen molar-refractivity contribution in [2.45, 2.75) is 31.2 Å². The summed E-state index contributed by atoms with van der Waals surface area (Å²) in [6.45, 7) is 4.32. The van der Waals surface area contributed by atoms with Crippen molar-refractivity contribution in [3.63, 3.8) is 0 Å². The lowest BCUT2D eigenvalue weighted by atomic mass is 10.1. The molecule has 0 bridgehead atoms. The normalized spacial score (nSPS) is 13.7. The molecule has 1 aliphatic heterocycles. The molecular formula is C21H24N4O4S. The first-order valence-corrected chi connectivity index (χ1v) is 11.1. The third-order valence-electron chi connectivity index (χ3n) is 5.06. The molecule has 0 spiro atoms. The van der Waals surface area contributed by atoms with Crippen LogP contribution in [0.1, 0.15) is 19.4 Å². The minimum Gasteiger partial charge on any atom is -0.493 e. The maximum absolute atomic E-state index is 12.5. The third kappa shape index (κ3) is 3.54. The second-order valence-electron chi connectivity index (χ2n) is 7.42. The maximum Gasteiger partial charge on any atom is 0.240 e. The number of anilines is 2. The van der Waals surface area contributed by atoms with E-state index in [1.165, 1.54) is 0 Å². The number of rotatable bonds is 6. The predicted molar refractivity (Wildman–Crippen MR) is 115 cm³/mol. The van der Waals surface area contributed by atoms with E-state index >= 15 is 0 Å². The second kappa shape index (κ2) is 7.73. The van der Waals surface area contributed by atoms with Crippen LogP contribution in [-0.4, -0.2) is 45.4 Å². The SMILES string of the molecule is COc1cc2nncc(N3CCc4cc(S(=O)(=O)NC(C)C)ccc43)c2cc1OC. The summed E-state index contributed by atoms with van der Waals surface area (Å²) in [5, 5.41) is 9.27. The number of hydrogen-bond donors (Lipinski definition) is 1. The molecule has 0 fully saturated rings. The summed E-state index contributed by atoms with van der Waals surface area (Å²) in [5.41, 5.74) is 3.52. The van der Waals surface area contributed by atoms with Gasteiger partial charge in [0.15, 0.2) is 11.5 Å². The summed E-state index contributed by atoms with van der Waals surface area (Å²) in [6, 6.07) is 8.77. The number of hydrogen-bond acceptors (Lipinski definition) is 7. The average Bonchev–Trinajstić information content (AvgIpc) is 3.14. The minimum absolute atomic E-state index is 0.166. The zero-order valence-corrected chi connectivity index (χ0v) is 18.2. The molecule has 0 saturated heterocycles. The lowest BCUT2D eigenvalue weighted by Gasteiger charge is -2.21. The van der Waals surface area contributed by atoms with Crippen molar-refractivity contribution in [1.82, 2.24) is 14.9 Å². The van der Waals surface area contributed by atoms with Crippen LogP contribution in [0.5, 0.6) is 11.5 Å². The first-order valence-electron chi connectivity index (χ1n) is 9.64. The number of nitrogens with one attached hydrogen (secondary N) is 1. The second-order valence-corrected chi connectivity index (χ2v) is 9.14. The molecule has 2 aromatic carbocycles. The number of sulfonamides is 1. The molecule has 1 N–H and O–H groups in total. The number of ether oxygens (including phenoxy) is 2. The van der Waals surface area contributed by atoms with Gasteiger partial charge in [-0.3, -0.25) is 0 Å². The van der Waals surface area contributed by atoms with Crippen molar-refractivity contribution in [3.05, 3.63) is 42.1 Å². The third-order valence-corrected chi connectivity index (χ3v) is 6.72. The van der Waals surface area contributed by atoms with Crippen molar-refractivity contribution in [3.8, 4) is 11.5 Å². The van der Waals surface area contributed by atoms with E-state index in [4.69, 9.17) is 9.47 Å². The highest BCUT2D eigenvalue weighted by Gasteiger charge is 2.26. The van der Waals surface area contributed by atoms with Crippen molar-refractivity contribution in [1.29, 1.82) is 0 Å². The summed E-state index contributed by atoms with van der Waals surface area (Å²) in [6.07, 6.45) is 2.45. The standard InChI is InChI=1S/C21H24N4O4S/c1-13(2)24-30(26,27)15-5-6-18-14(9-15)7-8-25(18)19-12-22-23-17-11-21(29-4)20(28-3)10-16(17)19/h5-6,9-13,24H,7-8H2,1-4H3. The Balaban J connectivity index is 1.77. The van der Waals surface area contributed by atoms with Gasteiger partial charge >= 0.3 is 0 Å². The van der Waals surface area contributed by atoms with Crippen LogP contribution >= 0.6 is 0 Å². The quantitative estimate of drug-likeness (QED) is 0.645. The van der Waals surface area contributed by atoms with Gasteiger partial charge in [-0.1, -0.05) is 0 Å². The molecule has 2 heterocycles. The zero-order chi connectivity index (χ0) is 21.5. The first kappa shape index (κ1) is 20.4. The highest BCUT2D eigenvalue weighted by Crippen LogP contribution is 2.41. The van der Waals surface area contributed by atoms with Gasteiger partial charge in [0.1, 0.15) is 0 Å². The van der Waals surface area contributed by atoms with Gasteiger partial charge in [0.25, 0.3) is 0 Å². The topological polar surface area (TPSA) is 93.7 Å². The fourth-order valence-corrected chi connectivity index (χ4v) is 5.06. The first-order chi connectivity index (χ1) is 14.3. The van der Waals surface area contributed by atoms with Crippen molar-refractivity contribution < 1.29 is 17.9 Å². The number of fused-ring (bicyclic) bond motifs is 2. The number of aromatic nitrogens is 2. The Bertz CT molecular complexity index is 1210. The van der Waals surface area contributed by atoms with Gasteiger partial charge in [-0.15, -0.1) is 0 Å². The summed E-state index contributed by atoms with van der Waals surface area (Å²) >= 11 is 0. The van der Waals surface area contributed by atoms with Crippen molar-refractivity contribution in [2.24, 2.45) is 0 Å². The van der Waals surface area contributed by atoms with Crippen LogP contribution in [0.3, 0.4) is 0 Å². The Morgan fingerprint density at radius 3 is 2.50 bits per heavy atom. The molecule has 158 valence electrons. The Kier molecular flexibility index (Phi) is 5.25. The van der Waals surface area contributed by atoms with Gasteiger partial charge in [0.2, 0.25) is 10.0 Å². The van der Waals surface area contributed by atoms with Gasteiger partial charge in [-0.05, 0) is 50.1 Å². The molecule has 4 rings (SSSR count). The zero-order valence-electron chi connectivity index (χ0n) is 17.3. The number of nitrogens with zero attached hydrogens (tertiary/aromatic N) is 3. The fourth-order valence-electron chi connectivity index (χ4n) is 3.76. The predicted octanol–water partition coefficient (Wildman–Crippen LogP) is 3.03.